The number of hydrogen-bond acceptors (Lipinski definition) is 4. The molecule has 2 N–H and O–H groups in total. The van der Waals surface area contributed by atoms with Crippen LogP contribution in [0.2, 0.25) is 0 Å². The second-order valence-corrected chi connectivity index (χ2v) is 10.4. The van der Waals surface area contributed by atoms with Crippen LogP contribution >= 0.6 is 0 Å². The van der Waals surface area contributed by atoms with Crippen LogP contribution in [-0.2, 0) is 9.53 Å². The minimum absolute atomic E-state index is 0.0589. The van der Waals surface area contributed by atoms with Gasteiger partial charge in [-0.3, -0.25) is 4.79 Å². The Morgan fingerprint density at radius 3 is 2.38 bits per heavy atom. The van der Waals surface area contributed by atoms with Crippen LogP contribution in [0.1, 0.15) is 73.1 Å². The molecule has 3 rings (SSSR count). The van der Waals surface area contributed by atoms with E-state index in [9.17, 15) is 15.0 Å². The minimum Gasteiger partial charge on any atom is -0.462 e. The third kappa shape index (κ3) is 2.75. The quantitative estimate of drug-likeness (QED) is 0.577. The molecule has 3 aliphatic rings. The number of aliphatic hydroxyl groups excluding tert-OH is 1. The van der Waals surface area contributed by atoms with Gasteiger partial charge in [0.2, 0.25) is 0 Å². The molecule has 148 valence electrons. The van der Waals surface area contributed by atoms with Crippen LogP contribution in [0.4, 0.5) is 0 Å². The van der Waals surface area contributed by atoms with Gasteiger partial charge in [0.05, 0.1) is 11.7 Å². The number of ether oxygens (including phenoxy) is 1. The van der Waals surface area contributed by atoms with E-state index in [4.69, 9.17) is 4.74 Å². The Hall–Kier alpha value is -0.870. The Morgan fingerprint density at radius 2 is 1.81 bits per heavy atom. The van der Waals surface area contributed by atoms with Crippen molar-refractivity contribution in [2.24, 2.45) is 28.1 Å². The molecule has 0 amide bonds. The molecule has 3 aliphatic carbocycles. The molecule has 4 heteroatoms. The molecule has 0 saturated heterocycles. The zero-order chi connectivity index (χ0) is 19.5. The van der Waals surface area contributed by atoms with Gasteiger partial charge in [0.15, 0.2) is 0 Å². The fourth-order valence-corrected chi connectivity index (χ4v) is 6.90. The Morgan fingerprint density at radius 1 is 1.15 bits per heavy atom. The topological polar surface area (TPSA) is 66.8 Å². The van der Waals surface area contributed by atoms with Crippen molar-refractivity contribution in [3.63, 3.8) is 0 Å². The van der Waals surface area contributed by atoms with Gasteiger partial charge in [-0.1, -0.05) is 33.8 Å². The van der Waals surface area contributed by atoms with Crippen LogP contribution in [0.25, 0.3) is 0 Å². The van der Waals surface area contributed by atoms with Crippen molar-refractivity contribution in [1.82, 2.24) is 0 Å². The fraction of sp³-hybridized carbons (Fsp3) is 0.864. The predicted octanol–water partition coefficient (Wildman–Crippen LogP) is 3.85. The van der Waals surface area contributed by atoms with E-state index < -0.39 is 11.7 Å². The summed E-state index contributed by atoms with van der Waals surface area (Å²) in [6, 6.07) is 0. The number of carbonyl (C=O) groups is 1. The first-order valence-corrected chi connectivity index (χ1v) is 10.1. The van der Waals surface area contributed by atoms with Crippen LogP contribution in [-0.4, -0.2) is 34.0 Å². The molecule has 0 aromatic heterocycles. The molecular weight excluding hydrogens is 328 g/mol. The first-order valence-electron chi connectivity index (χ1n) is 10.1. The molecular formula is C22H36O4. The average molecular weight is 365 g/mol. The number of fused-ring (bicyclic) bond motifs is 3. The lowest BCUT2D eigenvalue weighted by Crippen LogP contribution is -2.68. The molecule has 0 heterocycles. The van der Waals surface area contributed by atoms with Gasteiger partial charge in [-0.2, -0.15) is 0 Å². The Labute approximate surface area is 158 Å². The lowest BCUT2D eigenvalue weighted by molar-refractivity contribution is -0.264. The van der Waals surface area contributed by atoms with E-state index in [0.29, 0.717) is 12.8 Å². The van der Waals surface area contributed by atoms with Crippen molar-refractivity contribution in [3.05, 3.63) is 12.7 Å². The zero-order valence-electron chi connectivity index (χ0n) is 17.0. The van der Waals surface area contributed by atoms with Gasteiger partial charge >= 0.3 is 5.97 Å². The van der Waals surface area contributed by atoms with Crippen molar-refractivity contribution < 1.29 is 19.7 Å². The number of rotatable bonds is 2. The highest BCUT2D eigenvalue weighted by molar-refractivity contribution is 5.66. The second kappa shape index (κ2) is 6.07. The smallest absolute Gasteiger partial charge is 0.302 e. The number of hydrogen-bond donors (Lipinski definition) is 2. The van der Waals surface area contributed by atoms with Gasteiger partial charge in [0, 0.05) is 12.3 Å². The zero-order valence-corrected chi connectivity index (χ0v) is 17.0. The van der Waals surface area contributed by atoms with Gasteiger partial charge in [-0.05, 0) is 61.2 Å². The van der Waals surface area contributed by atoms with Crippen molar-refractivity contribution in [2.75, 3.05) is 0 Å². The van der Waals surface area contributed by atoms with E-state index in [2.05, 4.69) is 34.3 Å². The maximum atomic E-state index is 11.6. The van der Waals surface area contributed by atoms with Gasteiger partial charge in [0.1, 0.15) is 6.10 Å². The summed E-state index contributed by atoms with van der Waals surface area (Å²) in [7, 11) is 0. The van der Waals surface area contributed by atoms with Crippen molar-refractivity contribution >= 4 is 5.97 Å². The first-order chi connectivity index (χ1) is 11.9. The summed E-state index contributed by atoms with van der Waals surface area (Å²) in [5, 5.41) is 22.7. The molecule has 0 spiro atoms. The summed E-state index contributed by atoms with van der Waals surface area (Å²) < 4.78 is 5.65. The largest absolute Gasteiger partial charge is 0.462 e. The first kappa shape index (κ1) is 19.9. The van der Waals surface area contributed by atoms with Crippen LogP contribution in [0.5, 0.6) is 0 Å². The third-order valence-corrected chi connectivity index (χ3v) is 8.40. The highest BCUT2D eigenvalue weighted by atomic mass is 16.5. The molecule has 0 aromatic rings. The average Bonchev–Trinajstić information content (AvgIpc) is 2.53. The van der Waals surface area contributed by atoms with E-state index in [1.165, 1.54) is 6.92 Å². The summed E-state index contributed by atoms with van der Waals surface area (Å²) in [4.78, 5) is 11.6. The van der Waals surface area contributed by atoms with Crippen LogP contribution in [0.3, 0.4) is 0 Å². The number of esters is 1. The molecule has 0 radical (unpaired) electrons. The van der Waals surface area contributed by atoms with Gasteiger partial charge in [-0.15, -0.1) is 6.58 Å². The predicted molar refractivity (Wildman–Crippen MR) is 101 cm³/mol. The molecule has 4 nitrogen and oxygen atoms in total. The number of carbonyl (C=O) groups excluding carboxylic acids is 1. The van der Waals surface area contributed by atoms with E-state index >= 15 is 0 Å². The molecule has 3 fully saturated rings. The highest BCUT2D eigenvalue weighted by Gasteiger charge is 2.66. The second-order valence-electron chi connectivity index (χ2n) is 10.4. The lowest BCUT2D eigenvalue weighted by Gasteiger charge is -2.66. The van der Waals surface area contributed by atoms with Gasteiger partial charge in [-0.25, -0.2) is 0 Å². The molecule has 7 atom stereocenters. The lowest BCUT2D eigenvalue weighted by atomic mass is 9.41. The summed E-state index contributed by atoms with van der Waals surface area (Å²) >= 11 is 0. The summed E-state index contributed by atoms with van der Waals surface area (Å²) in [5.41, 5.74) is -1.46. The van der Waals surface area contributed by atoms with Crippen LogP contribution in [0.15, 0.2) is 12.7 Å². The third-order valence-electron chi connectivity index (χ3n) is 8.40. The molecule has 7 unspecified atom stereocenters. The maximum absolute atomic E-state index is 11.6. The van der Waals surface area contributed by atoms with Gasteiger partial charge in [0.25, 0.3) is 0 Å². The van der Waals surface area contributed by atoms with Crippen molar-refractivity contribution in [2.45, 2.75) is 91.0 Å². The van der Waals surface area contributed by atoms with Crippen molar-refractivity contribution in [1.29, 1.82) is 0 Å². The normalized spacial score (nSPS) is 50.3. The van der Waals surface area contributed by atoms with E-state index in [0.717, 1.165) is 25.7 Å². The summed E-state index contributed by atoms with van der Waals surface area (Å²) in [6.07, 6.45) is 5.84. The molecule has 0 bridgehead atoms. The standard InChI is InChI=1S/C22H36O4/c1-7-20(5)10-8-15-21(6)11-9-18(26-14(2)23)19(3,4)16(21)12-17(24)22(15,25)13-20/h7,15-18,24-25H,1,8-13H2,2-6H3. The highest BCUT2D eigenvalue weighted by Crippen LogP contribution is 2.66. The maximum Gasteiger partial charge on any atom is 0.302 e. The molecule has 0 aliphatic heterocycles. The van der Waals surface area contributed by atoms with E-state index in [1.54, 1.807) is 0 Å². The Bertz CT molecular complexity index is 599. The van der Waals surface area contributed by atoms with E-state index in [1.807, 2.05) is 6.08 Å². The molecule has 3 saturated carbocycles. The molecule has 26 heavy (non-hydrogen) atoms. The Kier molecular flexibility index (Phi) is 4.64. The Balaban J connectivity index is 1.97. The summed E-state index contributed by atoms with van der Waals surface area (Å²) in [5.74, 6) is 0.0368. The number of aliphatic hydroxyl groups is 2. The minimum atomic E-state index is -1.06. The monoisotopic (exact) mass is 364 g/mol. The summed E-state index contributed by atoms with van der Waals surface area (Å²) in [6.45, 7) is 14.2. The van der Waals surface area contributed by atoms with Gasteiger partial charge < -0.3 is 14.9 Å². The van der Waals surface area contributed by atoms with Crippen LogP contribution < -0.4 is 0 Å². The van der Waals surface area contributed by atoms with Crippen LogP contribution in [0, 0.1) is 28.1 Å². The van der Waals surface area contributed by atoms with E-state index in [-0.39, 0.29) is 40.2 Å². The molecule has 0 aromatic carbocycles. The number of allylic oxidation sites excluding steroid dienone is 1. The SMILES string of the molecule is C=CC1(C)CCC2C3(C)CCC(OC(C)=O)C(C)(C)C3CC(O)C2(O)C1. The fourth-order valence-electron chi connectivity index (χ4n) is 6.90. The van der Waals surface area contributed by atoms with Crippen molar-refractivity contribution in [3.8, 4) is 0 Å².